The first kappa shape index (κ1) is 14.1. The van der Waals surface area contributed by atoms with Crippen LogP contribution in [0.1, 0.15) is 24.2 Å². The first-order valence-electron chi connectivity index (χ1n) is 6.35. The van der Waals surface area contributed by atoms with Crippen LogP contribution in [0.2, 0.25) is 0 Å². The van der Waals surface area contributed by atoms with Crippen LogP contribution in [-0.4, -0.2) is 20.9 Å². The lowest BCUT2D eigenvalue weighted by molar-refractivity contribution is 0.199. The number of aryl methyl sites for hydroxylation is 1. The van der Waals surface area contributed by atoms with Crippen molar-refractivity contribution in [3.05, 3.63) is 47.8 Å². The standard InChI is InChI=1S/C14H18N4O2/c1-10(19)12-3-5-13(6-4-12)17-14(20)15-7-11-8-16-18(2)9-11/h3-6,8-10,19H,7H2,1-2H3,(H2,15,17,20). The quantitative estimate of drug-likeness (QED) is 0.795. The lowest BCUT2D eigenvalue weighted by Crippen LogP contribution is -2.28. The van der Waals surface area contributed by atoms with Crippen LogP contribution < -0.4 is 10.6 Å². The summed E-state index contributed by atoms with van der Waals surface area (Å²) in [6, 6.07) is 6.79. The van der Waals surface area contributed by atoms with E-state index in [-0.39, 0.29) is 6.03 Å². The number of carbonyl (C=O) groups excluding carboxylic acids is 1. The molecule has 6 heteroatoms. The van der Waals surface area contributed by atoms with Gasteiger partial charge in [0.2, 0.25) is 0 Å². The van der Waals surface area contributed by atoms with Crippen LogP contribution in [0.5, 0.6) is 0 Å². The maximum Gasteiger partial charge on any atom is 0.319 e. The minimum absolute atomic E-state index is 0.279. The number of nitrogens with zero attached hydrogens (tertiary/aromatic N) is 2. The third kappa shape index (κ3) is 3.83. The Hall–Kier alpha value is -2.34. The maximum atomic E-state index is 11.7. The molecule has 0 bridgehead atoms. The van der Waals surface area contributed by atoms with Gasteiger partial charge in [0.25, 0.3) is 0 Å². The van der Waals surface area contributed by atoms with Gasteiger partial charge in [-0.05, 0) is 24.6 Å². The molecular weight excluding hydrogens is 256 g/mol. The summed E-state index contributed by atoms with van der Waals surface area (Å²) in [4.78, 5) is 11.7. The van der Waals surface area contributed by atoms with Gasteiger partial charge in [0.1, 0.15) is 0 Å². The van der Waals surface area contributed by atoms with E-state index in [1.54, 1.807) is 42.1 Å². The van der Waals surface area contributed by atoms with Crippen LogP contribution in [0.4, 0.5) is 10.5 Å². The molecule has 2 rings (SSSR count). The molecule has 0 aliphatic heterocycles. The second-order valence-corrected chi connectivity index (χ2v) is 4.63. The molecule has 106 valence electrons. The number of urea groups is 1. The summed E-state index contributed by atoms with van der Waals surface area (Å²) in [6.45, 7) is 2.12. The highest BCUT2D eigenvalue weighted by molar-refractivity contribution is 5.89. The fourth-order valence-electron chi connectivity index (χ4n) is 1.77. The van der Waals surface area contributed by atoms with E-state index in [9.17, 15) is 9.90 Å². The third-order valence-corrected chi connectivity index (χ3v) is 2.86. The van der Waals surface area contributed by atoms with Crippen molar-refractivity contribution in [2.75, 3.05) is 5.32 Å². The van der Waals surface area contributed by atoms with Gasteiger partial charge in [0.15, 0.2) is 0 Å². The number of hydrogen-bond acceptors (Lipinski definition) is 3. The molecule has 0 spiro atoms. The molecule has 0 saturated heterocycles. The summed E-state index contributed by atoms with van der Waals surface area (Å²) >= 11 is 0. The highest BCUT2D eigenvalue weighted by Gasteiger charge is 2.04. The Kier molecular flexibility index (Phi) is 4.37. The Morgan fingerprint density at radius 3 is 2.65 bits per heavy atom. The lowest BCUT2D eigenvalue weighted by atomic mass is 10.1. The number of anilines is 1. The van der Waals surface area contributed by atoms with Crippen molar-refractivity contribution in [3.8, 4) is 0 Å². The molecule has 0 aliphatic carbocycles. The normalized spacial score (nSPS) is 11.9. The number of aliphatic hydroxyl groups is 1. The number of hydrogen-bond donors (Lipinski definition) is 3. The van der Waals surface area contributed by atoms with Crippen molar-refractivity contribution in [2.24, 2.45) is 7.05 Å². The van der Waals surface area contributed by atoms with Crippen LogP contribution in [0, 0.1) is 0 Å². The second-order valence-electron chi connectivity index (χ2n) is 4.63. The summed E-state index contributed by atoms with van der Waals surface area (Å²) < 4.78 is 1.68. The molecule has 1 heterocycles. The maximum absolute atomic E-state index is 11.7. The highest BCUT2D eigenvalue weighted by Crippen LogP contribution is 2.15. The second kappa shape index (κ2) is 6.21. The van der Waals surface area contributed by atoms with Gasteiger partial charge >= 0.3 is 6.03 Å². The minimum Gasteiger partial charge on any atom is -0.389 e. The molecule has 3 N–H and O–H groups in total. The van der Waals surface area contributed by atoms with Crippen LogP contribution in [0.3, 0.4) is 0 Å². The molecule has 1 unspecified atom stereocenters. The Morgan fingerprint density at radius 1 is 1.40 bits per heavy atom. The largest absolute Gasteiger partial charge is 0.389 e. The molecule has 0 fully saturated rings. The van der Waals surface area contributed by atoms with E-state index in [0.717, 1.165) is 11.1 Å². The fourth-order valence-corrected chi connectivity index (χ4v) is 1.77. The van der Waals surface area contributed by atoms with Gasteiger partial charge in [-0.1, -0.05) is 12.1 Å². The zero-order valence-corrected chi connectivity index (χ0v) is 11.5. The summed E-state index contributed by atoms with van der Waals surface area (Å²) in [5, 5.41) is 18.9. The monoisotopic (exact) mass is 274 g/mol. The predicted octanol–water partition coefficient (Wildman–Crippen LogP) is 1.80. The van der Waals surface area contributed by atoms with Gasteiger partial charge in [0.05, 0.1) is 12.3 Å². The van der Waals surface area contributed by atoms with Gasteiger partial charge in [-0.3, -0.25) is 4.68 Å². The van der Waals surface area contributed by atoms with Gasteiger partial charge in [0, 0.05) is 31.0 Å². The van der Waals surface area contributed by atoms with Crippen LogP contribution >= 0.6 is 0 Å². The molecule has 0 saturated carbocycles. The van der Waals surface area contributed by atoms with Gasteiger partial charge in [-0.15, -0.1) is 0 Å². The molecule has 1 aromatic heterocycles. The number of aromatic nitrogens is 2. The molecule has 2 amide bonds. The van der Waals surface area contributed by atoms with E-state index in [1.807, 2.05) is 13.2 Å². The summed E-state index contributed by atoms with van der Waals surface area (Å²) in [5.74, 6) is 0. The minimum atomic E-state index is -0.511. The Morgan fingerprint density at radius 2 is 2.10 bits per heavy atom. The highest BCUT2D eigenvalue weighted by atomic mass is 16.3. The number of aliphatic hydroxyl groups excluding tert-OH is 1. The molecule has 1 aromatic carbocycles. The van der Waals surface area contributed by atoms with E-state index in [1.165, 1.54) is 0 Å². The zero-order valence-electron chi connectivity index (χ0n) is 11.5. The predicted molar refractivity (Wildman–Crippen MR) is 76.1 cm³/mol. The Bertz CT molecular complexity index is 575. The van der Waals surface area contributed by atoms with Crippen molar-refractivity contribution in [1.29, 1.82) is 0 Å². The van der Waals surface area contributed by atoms with Crippen molar-refractivity contribution in [2.45, 2.75) is 19.6 Å². The van der Waals surface area contributed by atoms with Crippen LogP contribution in [0.25, 0.3) is 0 Å². The number of rotatable bonds is 4. The molecule has 20 heavy (non-hydrogen) atoms. The van der Waals surface area contributed by atoms with Gasteiger partial charge < -0.3 is 15.7 Å². The molecule has 1 atom stereocenters. The first-order chi connectivity index (χ1) is 9.54. The molecule has 0 aliphatic rings. The molecule has 0 radical (unpaired) electrons. The molecule has 6 nitrogen and oxygen atoms in total. The molecule has 2 aromatic rings. The zero-order chi connectivity index (χ0) is 14.5. The van der Waals surface area contributed by atoms with Gasteiger partial charge in [-0.25, -0.2) is 4.79 Å². The van der Waals surface area contributed by atoms with Gasteiger partial charge in [-0.2, -0.15) is 5.10 Å². The van der Waals surface area contributed by atoms with Crippen molar-refractivity contribution in [3.63, 3.8) is 0 Å². The Balaban J connectivity index is 1.84. The number of carbonyl (C=O) groups is 1. The fraction of sp³-hybridized carbons (Fsp3) is 0.286. The van der Waals surface area contributed by atoms with E-state index < -0.39 is 6.10 Å². The third-order valence-electron chi connectivity index (χ3n) is 2.86. The van der Waals surface area contributed by atoms with Crippen molar-refractivity contribution in [1.82, 2.24) is 15.1 Å². The van der Waals surface area contributed by atoms with Crippen molar-refractivity contribution < 1.29 is 9.90 Å². The summed E-state index contributed by atoms with van der Waals surface area (Å²) in [5.41, 5.74) is 2.43. The SMILES string of the molecule is CC(O)c1ccc(NC(=O)NCc2cnn(C)c2)cc1. The lowest BCUT2D eigenvalue weighted by Gasteiger charge is -2.08. The van der Waals surface area contributed by atoms with E-state index in [4.69, 9.17) is 0 Å². The van der Waals surface area contributed by atoms with Crippen molar-refractivity contribution >= 4 is 11.7 Å². The van der Waals surface area contributed by atoms with Crippen LogP contribution in [-0.2, 0) is 13.6 Å². The van der Waals surface area contributed by atoms with E-state index in [2.05, 4.69) is 15.7 Å². The average Bonchev–Trinajstić information content (AvgIpc) is 2.83. The van der Waals surface area contributed by atoms with Crippen LogP contribution in [0.15, 0.2) is 36.7 Å². The summed E-state index contributed by atoms with van der Waals surface area (Å²) in [7, 11) is 1.83. The van der Waals surface area contributed by atoms with E-state index in [0.29, 0.717) is 12.2 Å². The number of amides is 2. The topological polar surface area (TPSA) is 79.2 Å². The number of nitrogens with one attached hydrogen (secondary N) is 2. The number of benzene rings is 1. The summed E-state index contributed by atoms with van der Waals surface area (Å²) in [6.07, 6.45) is 3.04. The molecular formula is C14H18N4O2. The van der Waals surface area contributed by atoms with E-state index >= 15 is 0 Å². The Labute approximate surface area is 117 Å². The average molecular weight is 274 g/mol. The smallest absolute Gasteiger partial charge is 0.319 e. The first-order valence-corrected chi connectivity index (χ1v) is 6.35.